The molecule has 8 nitrogen and oxygen atoms in total. The second-order valence-corrected chi connectivity index (χ2v) is 13.4. The van der Waals surface area contributed by atoms with Crippen molar-refractivity contribution in [3.63, 3.8) is 0 Å². The van der Waals surface area contributed by atoms with Crippen molar-refractivity contribution in [2.24, 2.45) is 5.92 Å². The molecule has 0 radical (unpaired) electrons. The lowest BCUT2D eigenvalue weighted by Gasteiger charge is -2.27. The Morgan fingerprint density at radius 2 is 1.71 bits per heavy atom. The molecule has 1 fully saturated rings. The van der Waals surface area contributed by atoms with Gasteiger partial charge in [0.1, 0.15) is 23.5 Å². The average molecular weight is 734 g/mol. The van der Waals surface area contributed by atoms with E-state index in [0.29, 0.717) is 38.8 Å². The zero-order chi connectivity index (χ0) is 38.5. The zero-order valence-electron chi connectivity index (χ0n) is 29.3. The molecule has 2 N–H and O–H groups in total. The molecule has 1 saturated heterocycles. The third-order valence-corrected chi connectivity index (χ3v) is 9.01. The Bertz CT molecular complexity index is 1890. The third kappa shape index (κ3) is 9.43. The number of aromatic nitrogens is 1. The van der Waals surface area contributed by atoms with Crippen molar-refractivity contribution in [3.05, 3.63) is 91.6 Å². The van der Waals surface area contributed by atoms with Gasteiger partial charge in [0.2, 0.25) is 5.91 Å². The van der Waals surface area contributed by atoms with Crippen LogP contribution in [0, 0.1) is 49.6 Å². The van der Waals surface area contributed by atoms with Crippen LogP contribution in [-0.4, -0.2) is 59.3 Å². The number of carbonyl (C=O) groups is 2. The molecule has 280 valence electrons. The van der Waals surface area contributed by atoms with E-state index in [-0.39, 0.29) is 58.7 Å². The number of nitrogens with zero attached hydrogens (tertiary/aromatic N) is 2. The van der Waals surface area contributed by atoms with E-state index in [1.807, 2.05) is 4.90 Å². The zero-order valence-corrected chi connectivity index (χ0v) is 29.3. The van der Waals surface area contributed by atoms with E-state index < -0.39 is 70.7 Å². The van der Waals surface area contributed by atoms with E-state index in [4.69, 9.17) is 11.2 Å². The Balaban J connectivity index is 1.81. The predicted molar refractivity (Wildman–Crippen MR) is 182 cm³/mol. The number of aryl methyl sites for hydroxylation is 2. The number of hydrogen-bond donors (Lipinski definition) is 2. The highest BCUT2D eigenvalue weighted by molar-refractivity contribution is 5.83. The average Bonchev–Trinajstić information content (AvgIpc) is 3.31. The van der Waals surface area contributed by atoms with Gasteiger partial charge in [-0.25, -0.2) is 13.2 Å². The van der Waals surface area contributed by atoms with E-state index in [1.54, 1.807) is 13.8 Å². The summed E-state index contributed by atoms with van der Waals surface area (Å²) in [4.78, 5) is 41.3. The van der Waals surface area contributed by atoms with Crippen molar-refractivity contribution >= 4 is 11.9 Å². The molecule has 1 amide bonds. The van der Waals surface area contributed by atoms with Crippen LogP contribution < -0.4 is 10.9 Å². The molecule has 1 aliphatic rings. The standard InChI is InChI=1S/C38H41F6N3O5/c1-6-24-17-28(40)35(36(41)34(24)33-22(4)15-26(39)16-23(33)5)29(19-32(49)50)45-37(51)30(14-21(2)3)47-20-25(27(18-31(47)48)38(42,43)44)8-10-46-9-7-12-52-13-11-46/h1,15-18,20-21,29-30H,7-14,19H2,2-5H3,(H,45,51)(H,49,50)/t29-,30-/m1/s1. The van der Waals surface area contributed by atoms with Gasteiger partial charge in [-0.3, -0.25) is 14.4 Å². The van der Waals surface area contributed by atoms with Crippen molar-refractivity contribution < 1.29 is 45.8 Å². The third-order valence-electron chi connectivity index (χ3n) is 9.01. The molecule has 0 aliphatic carbocycles. The largest absolute Gasteiger partial charge is 0.481 e. The number of benzene rings is 2. The van der Waals surface area contributed by atoms with Crippen LogP contribution in [0.4, 0.5) is 26.3 Å². The summed E-state index contributed by atoms with van der Waals surface area (Å²) in [5.74, 6) is -3.88. The fraction of sp³-hybridized carbons (Fsp3) is 0.447. The van der Waals surface area contributed by atoms with E-state index in [0.717, 1.165) is 29.0 Å². The molecular weight excluding hydrogens is 692 g/mol. The summed E-state index contributed by atoms with van der Waals surface area (Å²) in [7, 11) is 0. The van der Waals surface area contributed by atoms with Crippen molar-refractivity contribution in [3.8, 4) is 23.5 Å². The summed E-state index contributed by atoms with van der Waals surface area (Å²) < 4.78 is 95.3. The van der Waals surface area contributed by atoms with Crippen LogP contribution in [-0.2, 0) is 26.9 Å². The fourth-order valence-corrected chi connectivity index (χ4v) is 6.68. The number of amides is 1. The monoisotopic (exact) mass is 733 g/mol. The smallest absolute Gasteiger partial charge is 0.416 e. The molecule has 14 heteroatoms. The first kappa shape index (κ1) is 40.2. The van der Waals surface area contributed by atoms with Crippen LogP contribution in [0.25, 0.3) is 11.1 Å². The Labute approximate surface area is 297 Å². The maximum Gasteiger partial charge on any atom is 0.416 e. The molecule has 52 heavy (non-hydrogen) atoms. The van der Waals surface area contributed by atoms with E-state index >= 15 is 8.78 Å². The van der Waals surface area contributed by atoms with Gasteiger partial charge in [-0.2, -0.15) is 13.2 Å². The number of aliphatic carboxylic acids is 1. The first-order chi connectivity index (χ1) is 24.4. The van der Waals surface area contributed by atoms with Crippen LogP contribution >= 0.6 is 0 Å². The molecule has 1 aliphatic heterocycles. The first-order valence-corrected chi connectivity index (χ1v) is 16.8. The number of hydrogen-bond acceptors (Lipinski definition) is 5. The van der Waals surface area contributed by atoms with Gasteiger partial charge in [-0.1, -0.05) is 19.8 Å². The van der Waals surface area contributed by atoms with Gasteiger partial charge in [0, 0.05) is 55.2 Å². The Morgan fingerprint density at radius 1 is 1.04 bits per heavy atom. The molecule has 3 aromatic rings. The van der Waals surface area contributed by atoms with E-state index in [9.17, 15) is 37.1 Å². The van der Waals surface area contributed by atoms with Gasteiger partial charge in [0.25, 0.3) is 5.56 Å². The Kier molecular flexibility index (Phi) is 13.0. The quantitative estimate of drug-likeness (QED) is 0.158. The van der Waals surface area contributed by atoms with Crippen molar-refractivity contribution in [1.82, 2.24) is 14.8 Å². The van der Waals surface area contributed by atoms with Gasteiger partial charge in [-0.05, 0) is 79.5 Å². The number of carbonyl (C=O) groups excluding carboxylic acids is 1. The number of pyridine rings is 1. The maximum atomic E-state index is 16.6. The van der Waals surface area contributed by atoms with Crippen LogP contribution in [0.1, 0.15) is 78.6 Å². The lowest BCUT2D eigenvalue weighted by molar-refractivity contribution is -0.139. The second kappa shape index (κ2) is 16.8. The molecule has 0 spiro atoms. The van der Waals surface area contributed by atoms with E-state index in [2.05, 4.69) is 11.2 Å². The van der Waals surface area contributed by atoms with Crippen LogP contribution in [0.15, 0.2) is 35.3 Å². The highest BCUT2D eigenvalue weighted by Gasteiger charge is 2.37. The molecule has 1 aromatic heterocycles. The van der Waals surface area contributed by atoms with Crippen molar-refractivity contribution in [2.75, 3.05) is 32.8 Å². The minimum absolute atomic E-state index is 0.0972. The summed E-state index contributed by atoms with van der Waals surface area (Å²) in [6.45, 7) is 8.63. The SMILES string of the molecule is C#Cc1cc(F)c([C@@H](CC(=O)O)NC(=O)[C@@H](CC(C)C)n2cc(CCN3CCCOCC3)c(C(F)(F)F)cc2=O)c(F)c1-c1c(C)cc(F)cc1C. The van der Waals surface area contributed by atoms with Crippen molar-refractivity contribution in [2.45, 2.75) is 71.6 Å². The molecule has 0 saturated carbocycles. The van der Waals surface area contributed by atoms with Crippen LogP contribution in [0.2, 0.25) is 0 Å². The topological polar surface area (TPSA) is 101 Å². The second-order valence-electron chi connectivity index (χ2n) is 13.4. The Hall–Kier alpha value is -4.61. The van der Waals surface area contributed by atoms with Gasteiger partial charge >= 0.3 is 12.1 Å². The minimum Gasteiger partial charge on any atom is -0.481 e. The highest BCUT2D eigenvalue weighted by atomic mass is 19.4. The minimum atomic E-state index is -4.88. The number of carboxylic acids is 1. The van der Waals surface area contributed by atoms with Crippen LogP contribution in [0.5, 0.6) is 0 Å². The van der Waals surface area contributed by atoms with Gasteiger partial charge in [0.15, 0.2) is 0 Å². The molecule has 4 rings (SSSR count). The van der Waals surface area contributed by atoms with Gasteiger partial charge in [-0.15, -0.1) is 6.42 Å². The number of alkyl halides is 3. The summed E-state index contributed by atoms with van der Waals surface area (Å²) in [6.07, 6.45) is 1.17. The molecule has 0 unspecified atom stereocenters. The summed E-state index contributed by atoms with van der Waals surface area (Å²) in [5, 5.41) is 12.1. The molecular formula is C38H41F6N3O5. The Morgan fingerprint density at radius 3 is 2.31 bits per heavy atom. The normalized spacial score (nSPS) is 15.2. The number of rotatable bonds is 12. The summed E-state index contributed by atoms with van der Waals surface area (Å²) in [5.41, 5.74) is -3.29. The summed E-state index contributed by atoms with van der Waals surface area (Å²) in [6, 6.07) is 0.127. The van der Waals surface area contributed by atoms with Crippen molar-refractivity contribution in [1.29, 1.82) is 0 Å². The number of nitrogens with one attached hydrogen (secondary N) is 1. The lowest BCUT2D eigenvalue weighted by atomic mass is 9.88. The molecule has 2 aromatic carbocycles. The fourth-order valence-electron chi connectivity index (χ4n) is 6.68. The maximum absolute atomic E-state index is 16.6. The summed E-state index contributed by atoms with van der Waals surface area (Å²) >= 11 is 0. The van der Waals surface area contributed by atoms with Gasteiger partial charge < -0.3 is 24.6 Å². The number of terminal acetylenes is 1. The predicted octanol–water partition coefficient (Wildman–Crippen LogP) is 6.73. The van der Waals surface area contributed by atoms with Gasteiger partial charge in [0.05, 0.1) is 24.6 Å². The molecule has 2 atom stereocenters. The lowest BCUT2D eigenvalue weighted by Crippen LogP contribution is -2.41. The number of carboxylic acid groups (broad SMARTS) is 1. The van der Waals surface area contributed by atoms with Crippen LogP contribution in [0.3, 0.4) is 0 Å². The highest BCUT2D eigenvalue weighted by Crippen LogP contribution is 2.38. The number of halogens is 6. The molecule has 0 bridgehead atoms. The molecule has 2 heterocycles. The number of ether oxygens (including phenoxy) is 1. The van der Waals surface area contributed by atoms with E-state index in [1.165, 1.54) is 13.8 Å². The first-order valence-electron chi connectivity index (χ1n) is 16.8.